The molecule has 0 bridgehead atoms. The smallest absolute Gasteiger partial charge is 0.265 e. The fourth-order valence-corrected chi connectivity index (χ4v) is 5.95. The third-order valence-corrected chi connectivity index (χ3v) is 8.34. The van der Waals surface area contributed by atoms with Gasteiger partial charge in [-0.15, -0.1) is 22.7 Å². The minimum atomic E-state index is -0.220. The van der Waals surface area contributed by atoms with E-state index in [9.17, 15) is 9.59 Å². The highest BCUT2D eigenvalue weighted by molar-refractivity contribution is 7.19. The number of piperazine rings is 1. The molecule has 1 aromatic carbocycles. The molecule has 0 saturated carbocycles. The van der Waals surface area contributed by atoms with E-state index in [0.29, 0.717) is 32.6 Å². The predicted octanol–water partition coefficient (Wildman–Crippen LogP) is 4.49. The number of nitrogens with one attached hydrogen (secondary N) is 2. The molecule has 5 heterocycles. The molecule has 10 nitrogen and oxygen atoms in total. The molecule has 1 fully saturated rings. The summed E-state index contributed by atoms with van der Waals surface area (Å²) in [6, 6.07) is 14.4. The minimum Gasteiger partial charge on any atom is -0.397 e. The number of anilines is 4. The first-order valence-corrected chi connectivity index (χ1v) is 14.1. The van der Waals surface area contributed by atoms with Crippen molar-refractivity contribution < 1.29 is 9.59 Å². The number of likely N-dealkylation sites (N-methyl/N-ethyl adjacent to an activating group) is 1. The Hall–Kier alpha value is -4.26. The van der Waals surface area contributed by atoms with Gasteiger partial charge in [0.05, 0.1) is 33.1 Å². The summed E-state index contributed by atoms with van der Waals surface area (Å²) in [5, 5.41) is 9.58. The first-order chi connectivity index (χ1) is 18.9. The van der Waals surface area contributed by atoms with Crippen LogP contribution < -0.4 is 16.4 Å². The van der Waals surface area contributed by atoms with Crippen molar-refractivity contribution in [3.63, 3.8) is 0 Å². The molecule has 4 N–H and O–H groups in total. The summed E-state index contributed by atoms with van der Waals surface area (Å²) in [7, 11) is 2.07. The van der Waals surface area contributed by atoms with Crippen LogP contribution in [0, 0.1) is 0 Å². The standard InChI is InChI=1S/C27H26N8O2S2/c1-33-10-12-34(13-11-33)26(37)17-8-9-35-21(15-29-23(35)14-17)20-16-38-27(31-20)32-24-7-6-22(39-24)25(36)30-19-5-3-2-4-18(19)28/h2-9,14-16H,10-13,28H2,1H3,(H,30,36)(H,31,32). The summed E-state index contributed by atoms with van der Waals surface area (Å²) in [5.74, 6) is -0.187. The van der Waals surface area contributed by atoms with E-state index >= 15 is 0 Å². The lowest BCUT2D eigenvalue weighted by Gasteiger charge is -2.32. The molecule has 12 heteroatoms. The number of thiophene rings is 1. The second-order valence-electron chi connectivity index (χ2n) is 9.25. The molecular weight excluding hydrogens is 532 g/mol. The van der Waals surface area contributed by atoms with Gasteiger partial charge in [-0.25, -0.2) is 9.97 Å². The van der Waals surface area contributed by atoms with Crippen molar-refractivity contribution in [1.82, 2.24) is 24.2 Å². The predicted molar refractivity (Wildman–Crippen MR) is 156 cm³/mol. The SMILES string of the molecule is CN1CCN(C(=O)c2ccn3c(-c4csc(Nc5ccc(C(=O)Nc6ccccc6N)s5)n4)cnc3c2)CC1. The molecule has 6 rings (SSSR count). The Morgan fingerprint density at radius 2 is 1.87 bits per heavy atom. The molecule has 198 valence electrons. The second-order valence-corrected chi connectivity index (χ2v) is 11.2. The lowest BCUT2D eigenvalue weighted by molar-refractivity contribution is 0.0664. The summed E-state index contributed by atoms with van der Waals surface area (Å²) in [5.41, 5.74) is 9.96. The largest absolute Gasteiger partial charge is 0.397 e. The second kappa shape index (κ2) is 10.5. The lowest BCUT2D eigenvalue weighted by Crippen LogP contribution is -2.47. The summed E-state index contributed by atoms with van der Waals surface area (Å²) in [4.78, 5) is 39.6. The Morgan fingerprint density at radius 1 is 1.05 bits per heavy atom. The molecule has 0 aliphatic carbocycles. The highest BCUT2D eigenvalue weighted by Crippen LogP contribution is 2.31. The molecule has 4 aromatic heterocycles. The van der Waals surface area contributed by atoms with E-state index in [4.69, 9.17) is 10.7 Å². The number of imidazole rings is 1. The average Bonchev–Trinajstić information content (AvgIpc) is 3.70. The average molecular weight is 559 g/mol. The van der Waals surface area contributed by atoms with Gasteiger partial charge in [-0.3, -0.25) is 14.0 Å². The number of benzene rings is 1. The number of amides is 2. The van der Waals surface area contributed by atoms with Gasteiger partial charge in [0.1, 0.15) is 11.3 Å². The van der Waals surface area contributed by atoms with Gasteiger partial charge in [-0.05, 0) is 43.4 Å². The fourth-order valence-electron chi connectivity index (χ4n) is 4.37. The van der Waals surface area contributed by atoms with Gasteiger partial charge >= 0.3 is 0 Å². The molecule has 0 unspecified atom stereocenters. The van der Waals surface area contributed by atoms with Gasteiger partial charge in [0, 0.05) is 43.3 Å². The Labute approximate surface area is 232 Å². The van der Waals surface area contributed by atoms with Gasteiger partial charge in [0.2, 0.25) is 0 Å². The first-order valence-electron chi connectivity index (χ1n) is 12.4. The van der Waals surface area contributed by atoms with Crippen LogP contribution in [0.5, 0.6) is 0 Å². The number of fused-ring (bicyclic) bond motifs is 1. The van der Waals surface area contributed by atoms with E-state index in [-0.39, 0.29) is 11.8 Å². The zero-order chi connectivity index (χ0) is 26.9. The number of aromatic nitrogens is 3. The number of para-hydroxylation sites is 2. The van der Waals surface area contributed by atoms with E-state index < -0.39 is 0 Å². The molecule has 0 atom stereocenters. The van der Waals surface area contributed by atoms with Crippen LogP contribution in [0.4, 0.5) is 21.5 Å². The Kier molecular flexibility index (Phi) is 6.73. The number of carbonyl (C=O) groups is 2. The number of thiazole rings is 1. The van der Waals surface area contributed by atoms with Crippen molar-refractivity contribution >= 4 is 61.6 Å². The van der Waals surface area contributed by atoms with Gasteiger partial charge in [0.25, 0.3) is 11.8 Å². The zero-order valence-electron chi connectivity index (χ0n) is 21.1. The molecule has 0 radical (unpaired) electrons. The van der Waals surface area contributed by atoms with Gasteiger partial charge in [-0.1, -0.05) is 12.1 Å². The van der Waals surface area contributed by atoms with Crippen molar-refractivity contribution in [2.45, 2.75) is 0 Å². The van der Waals surface area contributed by atoms with Crippen LogP contribution in [-0.2, 0) is 0 Å². The number of carbonyl (C=O) groups excluding carboxylic acids is 2. The maximum atomic E-state index is 13.0. The summed E-state index contributed by atoms with van der Waals surface area (Å²) >= 11 is 2.79. The molecule has 39 heavy (non-hydrogen) atoms. The molecular formula is C27H26N8O2S2. The van der Waals surface area contributed by atoms with Crippen LogP contribution >= 0.6 is 22.7 Å². The minimum absolute atomic E-state index is 0.0338. The quantitative estimate of drug-likeness (QED) is 0.263. The third-order valence-electron chi connectivity index (χ3n) is 6.59. The number of nitrogens with zero attached hydrogens (tertiary/aromatic N) is 5. The highest BCUT2D eigenvalue weighted by atomic mass is 32.1. The van der Waals surface area contributed by atoms with Gasteiger partial charge in [-0.2, -0.15) is 0 Å². The molecule has 2 amide bonds. The number of hydrogen-bond acceptors (Lipinski definition) is 9. The van der Waals surface area contributed by atoms with Gasteiger partial charge < -0.3 is 26.2 Å². The Bertz CT molecular complexity index is 1670. The maximum absolute atomic E-state index is 13.0. The maximum Gasteiger partial charge on any atom is 0.265 e. The number of hydrogen-bond donors (Lipinski definition) is 3. The first kappa shape index (κ1) is 25.0. The van der Waals surface area contributed by atoms with E-state index in [1.165, 1.54) is 22.7 Å². The molecule has 1 aliphatic heterocycles. The van der Waals surface area contributed by atoms with Crippen LogP contribution in [0.25, 0.3) is 17.0 Å². The van der Waals surface area contributed by atoms with Crippen LogP contribution in [0.3, 0.4) is 0 Å². The van der Waals surface area contributed by atoms with Gasteiger partial charge in [0.15, 0.2) is 5.13 Å². The summed E-state index contributed by atoms with van der Waals surface area (Å²) in [6.45, 7) is 3.22. The van der Waals surface area contributed by atoms with E-state index in [1.54, 1.807) is 24.4 Å². The fraction of sp³-hybridized carbons (Fsp3) is 0.185. The van der Waals surface area contributed by atoms with Crippen molar-refractivity contribution in [2.24, 2.45) is 0 Å². The summed E-state index contributed by atoms with van der Waals surface area (Å²) in [6.07, 6.45) is 3.64. The van der Waals surface area contributed by atoms with Crippen molar-refractivity contribution in [2.75, 3.05) is 49.6 Å². The zero-order valence-corrected chi connectivity index (χ0v) is 22.8. The van der Waals surface area contributed by atoms with Crippen molar-refractivity contribution in [3.8, 4) is 11.4 Å². The number of rotatable bonds is 6. The topological polar surface area (TPSA) is 121 Å². The lowest BCUT2D eigenvalue weighted by atomic mass is 10.2. The third kappa shape index (κ3) is 5.21. The van der Waals surface area contributed by atoms with Crippen LogP contribution in [0.15, 0.2) is 66.3 Å². The summed E-state index contributed by atoms with van der Waals surface area (Å²) < 4.78 is 1.93. The Balaban J connectivity index is 1.14. The van der Waals surface area contributed by atoms with E-state index in [2.05, 4.69) is 27.6 Å². The van der Waals surface area contributed by atoms with Crippen molar-refractivity contribution in [1.29, 1.82) is 0 Å². The van der Waals surface area contributed by atoms with E-state index in [1.807, 2.05) is 51.2 Å². The molecule has 1 saturated heterocycles. The number of nitrogens with two attached hydrogens (primary N) is 1. The van der Waals surface area contributed by atoms with Crippen LogP contribution in [0.1, 0.15) is 20.0 Å². The monoisotopic (exact) mass is 558 g/mol. The normalized spacial score (nSPS) is 14.0. The number of nitrogen functional groups attached to an aromatic ring is 1. The number of pyridine rings is 1. The molecule has 0 spiro atoms. The van der Waals surface area contributed by atoms with Crippen molar-refractivity contribution in [3.05, 3.63) is 76.7 Å². The highest BCUT2D eigenvalue weighted by Gasteiger charge is 2.21. The van der Waals surface area contributed by atoms with Crippen LogP contribution in [0.2, 0.25) is 0 Å². The van der Waals surface area contributed by atoms with Crippen LogP contribution in [-0.4, -0.2) is 69.2 Å². The molecule has 5 aromatic rings. The molecule has 1 aliphatic rings. The van der Waals surface area contributed by atoms with E-state index in [0.717, 1.165) is 42.6 Å². The Morgan fingerprint density at radius 3 is 2.69 bits per heavy atom.